The van der Waals surface area contributed by atoms with Crippen LogP contribution in [0.25, 0.3) is 0 Å². The molecule has 3 aliphatic heterocycles. The molecule has 4 heterocycles. The zero-order valence-corrected chi connectivity index (χ0v) is 22.7. The third-order valence-electron chi connectivity index (χ3n) is 7.96. The molecule has 40 heavy (non-hydrogen) atoms. The number of nitrogens with zero attached hydrogens (tertiary/aromatic N) is 2. The highest BCUT2D eigenvalue weighted by Gasteiger charge is 2.35. The lowest BCUT2D eigenvalue weighted by Gasteiger charge is -2.44. The predicted octanol–water partition coefficient (Wildman–Crippen LogP) is 3.32. The Morgan fingerprint density at radius 1 is 1.05 bits per heavy atom. The van der Waals surface area contributed by atoms with Crippen LogP contribution >= 0.6 is 0 Å². The number of carbonyl (C=O) groups excluding carboxylic acids is 1. The molecule has 2 bridgehead atoms. The first-order chi connectivity index (χ1) is 19.3. The minimum Gasteiger partial charge on any atom is -0.376 e. The molecule has 2 fully saturated rings. The summed E-state index contributed by atoms with van der Waals surface area (Å²) in [6.45, 7) is 2.89. The Balaban J connectivity index is 1.32. The fourth-order valence-electron chi connectivity index (χ4n) is 6.06. The van der Waals surface area contributed by atoms with Crippen LogP contribution in [0.5, 0.6) is 0 Å². The highest BCUT2D eigenvalue weighted by molar-refractivity contribution is 7.92. The second-order valence-corrected chi connectivity index (χ2v) is 12.4. The number of fused-ring (bicyclic) bond motifs is 4. The molecule has 6 rings (SSSR count). The van der Waals surface area contributed by atoms with Crippen LogP contribution in [-0.2, 0) is 21.3 Å². The van der Waals surface area contributed by atoms with Crippen LogP contribution in [0.2, 0.25) is 0 Å². The summed E-state index contributed by atoms with van der Waals surface area (Å²) >= 11 is 0. The van der Waals surface area contributed by atoms with Gasteiger partial charge in [-0.05, 0) is 73.7 Å². The summed E-state index contributed by atoms with van der Waals surface area (Å²) in [5.74, 6) is -0.545. The molecule has 11 heteroatoms. The third-order valence-corrected chi connectivity index (χ3v) is 9.34. The summed E-state index contributed by atoms with van der Waals surface area (Å²) in [5.41, 5.74) is 2.19. The van der Waals surface area contributed by atoms with Crippen molar-refractivity contribution in [1.82, 2.24) is 9.88 Å². The number of benzene rings is 2. The highest BCUT2D eigenvalue weighted by Crippen LogP contribution is 2.39. The molecule has 3 aliphatic rings. The lowest BCUT2D eigenvalue weighted by Crippen LogP contribution is -2.47. The summed E-state index contributed by atoms with van der Waals surface area (Å²) in [7, 11) is -4.07. The summed E-state index contributed by atoms with van der Waals surface area (Å²) in [5, 5.41) is 2.89. The molecular weight excluding hydrogens is 535 g/mol. The number of piperidine rings is 1. The maximum atomic E-state index is 13.5. The molecule has 0 radical (unpaired) electrons. The molecule has 210 valence electrons. The van der Waals surface area contributed by atoms with Gasteiger partial charge in [-0.3, -0.25) is 14.3 Å². The smallest absolute Gasteiger partial charge is 0.261 e. The van der Waals surface area contributed by atoms with Crippen molar-refractivity contribution in [3.8, 4) is 0 Å². The van der Waals surface area contributed by atoms with Gasteiger partial charge < -0.3 is 19.5 Å². The van der Waals surface area contributed by atoms with Crippen LogP contribution in [0, 0.1) is 11.7 Å². The second-order valence-electron chi connectivity index (χ2n) is 10.7. The number of pyridine rings is 1. The van der Waals surface area contributed by atoms with Crippen molar-refractivity contribution in [3.05, 3.63) is 88.1 Å². The molecule has 0 aliphatic carbocycles. The molecule has 1 aromatic heterocycles. The number of nitrogens with one attached hydrogen (secondary N) is 2. The number of rotatable bonds is 7. The summed E-state index contributed by atoms with van der Waals surface area (Å²) in [4.78, 5) is 27.5. The number of aromatic nitrogens is 1. The van der Waals surface area contributed by atoms with E-state index >= 15 is 0 Å². The molecule has 2 aromatic carbocycles. The summed E-state index contributed by atoms with van der Waals surface area (Å²) in [6.07, 6.45) is 2.76. The van der Waals surface area contributed by atoms with Gasteiger partial charge in [-0.25, -0.2) is 12.8 Å². The van der Waals surface area contributed by atoms with Gasteiger partial charge in [0, 0.05) is 56.0 Å². The van der Waals surface area contributed by atoms with E-state index in [4.69, 9.17) is 4.74 Å². The SMILES string of the molecule is O=C(NCC1CCCO1)c1ccc(N2CC3CC(C2)c2cccc(=O)n2C3)c(NS(=O)(=O)c2ccc(F)cc2)c1. The van der Waals surface area contributed by atoms with E-state index < -0.39 is 15.8 Å². The number of ether oxygens (including phenoxy) is 1. The standard InChI is InChI=1S/C29H31FN4O5S/c30-22-7-9-24(10-8-22)40(37,38)32-25-14-20(29(36)31-15-23-3-2-12-39-23)6-11-27(25)33-16-19-13-21(18-33)26-4-1-5-28(35)34(26)17-19/h1,4-11,14,19,21,23,32H,2-3,12-13,15-18H2,(H,31,36). The number of halogens is 1. The van der Waals surface area contributed by atoms with Crippen LogP contribution in [0.3, 0.4) is 0 Å². The number of carbonyl (C=O) groups is 1. The largest absolute Gasteiger partial charge is 0.376 e. The Kier molecular flexibility index (Phi) is 7.09. The maximum Gasteiger partial charge on any atom is 0.261 e. The third kappa shape index (κ3) is 5.35. The van der Waals surface area contributed by atoms with Crippen LogP contribution in [0.15, 0.2) is 70.4 Å². The lowest BCUT2D eigenvalue weighted by molar-refractivity contribution is 0.0858. The molecule has 2 N–H and O–H groups in total. The van der Waals surface area contributed by atoms with Crippen LogP contribution in [-0.4, -0.2) is 51.2 Å². The number of hydrogen-bond acceptors (Lipinski definition) is 6. The second kappa shape index (κ2) is 10.7. The fourth-order valence-corrected chi connectivity index (χ4v) is 7.12. The van der Waals surface area contributed by atoms with E-state index in [0.717, 1.165) is 37.1 Å². The normalized spacial score (nSPS) is 22.0. The van der Waals surface area contributed by atoms with E-state index in [9.17, 15) is 22.4 Å². The average molecular weight is 567 g/mol. The Morgan fingerprint density at radius 2 is 1.88 bits per heavy atom. The van der Waals surface area contributed by atoms with Gasteiger partial charge >= 0.3 is 0 Å². The first-order valence-corrected chi connectivity index (χ1v) is 15.0. The Labute approximate surface area is 232 Å². The van der Waals surface area contributed by atoms with Crippen molar-refractivity contribution >= 4 is 27.3 Å². The molecule has 9 nitrogen and oxygen atoms in total. The van der Waals surface area contributed by atoms with E-state index in [2.05, 4.69) is 14.9 Å². The van der Waals surface area contributed by atoms with Crippen LogP contribution in [0.1, 0.15) is 41.2 Å². The van der Waals surface area contributed by atoms with Gasteiger partial charge in [-0.15, -0.1) is 0 Å². The van der Waals surface area contributed by atoms with Crippen molar-refractivity contribution in [2.75, 3.05) is 35.9 Å². The van der Waals surface area contributed by atoms with Gasteiger partial charge in [-0.1, -0.05) is 6.07 Å². The van der Waals surface area contributed by atoms with Gasteiger partial charge in [0.05, 0.1) is 22.4 Å². The van der Waals surface area contributed by atoms with Gasteiger partial charge in [0.2, 0.25) is 0 Å². The Hall–Kier alpha value is -3.70. The monoisotopic (exact) mass is 566 g/mol. The molecule has 3 aromatic rings. The number of amides is 1. The van der Waals surface area contributed by atoms with E-state index in [1.54, 1.807) is 30.3 Å². The first-order valence-electron chi connectivity index (χ1n) is 13.5. The van der Waals surface area contributed by atoms with Crippen molar-refractivity contribution in [1.29, 1.82) is 0 Å². The molecule has 3 atom stereocenters. The molecule has 3 unspecified atom stereocenters. The van der Waals surface area contributed by atoms with E-state index in [1.165, 1.54) is 12.1 Å². The first kappa shape index (κ1) is 26.5. The minimum atomic E-state index is -4.07. The van der Waals surface area contributed by atoms with E-state index in [0.29, 0.717) is 44.0 Å². The average Bonchev–Trinajstić information content (AvgIpc) is 3.46. The fraction of sp³-hybridized carbons (Fsp3) is 0.379. The predicted molar refractivity (Wildman–Crippen MR) is 149 cm³/mol. The van der Waals surface area contributed by atoms with Crippen molar-refractivity contribution in [2.45, 2.75) is 42.7 Å². The molecule has 0 spiro atoms. The summed E-state index contributed by atoms with van der Waals surface area (Å²) < 4.78 is 50.2. The number of sulfonamides is 1. The number of hydrogen-bond donors (Lipinski definition) is 2. The van der Waals surface area contributed by atoms with E-state index in [-0.39, 0.29) is 40.0 Å². The van der Waals surface area contributed by atoms with Crippen molar-refractivity contribution < 1.29 is 22.3 Å². The van der Waals surface area contributed by atoms with Crippen LogP contribution < -0.4 is 20.5 Å². The maximum absolute atomic E-state index is 13.5. The zero-order valence-electron chi connectivity index (χ0n) is 21.9. The highest BCUT2D eigenvalue weighted by atomic mass is 32.2. The van der Waals surface area contributed by atoms with Gasteiger partial charge in [0.1, 0.15) is 5.82 Å². The number of anilines is 2. The van der Waals surface area contributed by atoms with Gasteiger partial charge in [-0.2, -0.15) is 0 Å². The Bertz CT molecular complexity index is 1580. The molecule has 2 saturated heterocycles. The lowest BCUT2D eigenvalue weighted by atomic mass is 9.83. The van der Waals surface area contributed by atoms with Crippen molar-refractivity contribution in [3.63, 3.8) is 0 Å². The Morgan fingerprint density at radius 3 is 2.65 bits per heavy atom. The topological polar surface area (TPSA) is 110 Å². The van der Waals surface area contributed by atoms with Gasteiger partial charge in [0.25, 0.3) is 21.5 Å². The van der Waals surface area contributed by atoms with Gasteiger partial charge in [0.15, 0.2) is 0 Å². The molecule has 0 saturated carbocycles. The van der Waals surface area contributed by atoms with E-state index in [1.807, 2.05) is 10.6 Å². The zero-order chi connectivity index (χ0) is 27.9. The minimum absolute atomic E-state index is 0.00762. The van der Waals surface area contributed by atoms with Crippen LogP contribution in [0.4, 0.5) is 15.8 Å². The quantitative estimate of drug-likeness (QED) is 0.454. The van der Waals surface area contributed by atoms with Crippen molar-refractivity contribution in [2.24, 2.45) is 5.92 Å². The molecule has 1 amide bonds. The molecular formula is C29H31FN4O5S. The summed E-state index contributed by atoms with van der Waals surface area (Å²) in [6, 6.07) is 14.9.